The van der Waals surface area contributed by atoms with Crippen molar-refractivity contribution in [1.82, 2.24) is 15.3 Å². The monoisotopic (exact) mass is 193 g/mol. The molecule has 0 unspecified atom stereocenters. The van der Waals surface area contributed by atoms with Gasteiger partial charge in [-0.1, -0.05) is 19.3 Å². The summed E-state index contributed by atoms with van der Waals surface area (Å²) in [4.78, 5) is 7.28. The molecule has 2 rings (SSSR count). The van der Waals surface area contributed by atoms with Gasteiger partial charge >= 0.3 is 0 Å². The first-order chi connectivity index (χ1) is 6.95. The van der Waals surface area contributed by atoms with E-state index in [1.165, 1.54) is 32.1 Å². The Kier molecular flexibility index (Phi) is 3.57. The van der Waals surface area contributed by atoms with Crippen molar-refractivity contribution in [2.24, 2.45) is 5.92 Å². The molecule has 1 saturated carbocycles. The average molecular weight is 193 g/mol. The summed E-state index contributed by atoms with van der Waals surface area (Å²) in [6.07, 6.45) is 10.8. The fourth-order valence-electron chi connectivity index (χ4n) is 2.18. The first-order valence-corrected chi connectivity index (χ1v) is 5.64. The summed E-state index contributed by atoms with van der Waals surface area (Å²) >= 11 is 0. The summed E-state index contributed by atoms with van der Waals surface area (Å²) in [5.41, 5.74) is 0. The van der Waals surface area contributed by atoms with Gasteiger partial charge in [-0.3, -0.25) is 0 Å². The third kappa shape index (κ3) is 2.84. The smallest absolute Gasteiger partial charge is 0.120 e. The lowest BCUT2D eigenvalue weighted by atomic mass is 9.89. The van der Waals surface area contributed by atoms with Gasteiger partial charge in [0.05, 0.1) is 6.54 Å². The number of nitrogens with one attached hydrogen (secondary N) is 2. The highest BCUT2D eigenvalue weighted by atomic mass is 15.0. The molecule has 3 nitrogen and oxygen atoms in total. The molecule has 3 heteroatoms. The van der Waals surface area contributed by atoms with Gasteiger partial charge in [-0.15, -0.1) is 0 Å². The molecule has 1 aliphatic carbocycles. The second-order valence-electron chi connectivity index (χ2n) is 4.17. The van der Waals surface area contributed by atoms with Crippen LogP contribution >= 0.6 is 0 Å². The summed E-state index contributed by atoms with van der Waals surface area (Å²) in [7, 11) is 0. The predicted molar refractivity (Wildman–Crippen MR) is 56.9 cm³/mol. The van der Waals surface area contributed by atoms with Crippen molar-refractivity contribution in [3.8, 4) is 0 Å². The van der Waals surface area contributed by atoms with Crippen molar-refractivity contribution in [3.05, 3.63) is 18.2 Å². The Bertz CT molecular complexity index is 237. The lowest BCUT2D eigenvalue weighted by molar-refractivity contribution is 0.341. The first-order valence-electron chi connectivity index (χ1n) is 5.64. The molecule has 0 spiro atoms. The molecule has 0 atom stereocenters. The number of nitrogens with zero attached hydrogens (tertiary/aromatic N) is 1. The van der Waals surface area contributed by atoms with Gasteiger partial charge in [0.2, 0.25) is 0 Å². The minimum atomic E-state index is 0.878. The van der Waals surface area contributed by atoms with Crippen LogP contribution in [-0.2, 0) is 6.54 Å². The molecule has 78 valence electrons. The third-order valence-corrected chi connectivity index (χ3v) is 3.01. The van der Waals surface area contributed by atoms with E-state index in [4.69, 9.17) is 0 Å². The van der Waals surface area contributed by atoms with Crippen LogP contribution in [0.4, 0.5) is 0 Å². The fraction of sp³-hybridized carbons (Fsp3) is 0.727. The van der Waals surface area contributed by atoms with Crippen LogP contribution in [0, 0.1) is 5.92 Å². The molecule has 0 bridgehead atoms. The lowest BCUT2D eigenvalue weighted by Crippen LogP contribution is -2.24. The normalized spacial score (nSPS) is 18.6. The molecule has 0 saturated heterocycles. The van der Waals surface area contributed by atoms with Gasteiger partial charge in [-0.05, 0) is 25.3 Å². The van der Waals surface area contributed by atoms with Gasteiger partial charge in [0.15, 0.2) is 0 Å². The second kappa shape index (κ2) is 5.15. The highest BCUT2D eigenvalue weighted by Gasteiger charge is 2.12. The number of hydrogen-bond donors (Lipinski definition) is 2. The number of rotatable bonds is 4. The van der Waals surface area contributed by atoms with Gasteiger partial charge < -0.3 is 10.3 Å². The maximum Gasteiger partial charge on any atom is 0.120 e. The first kappa shape index (κ1) is 9.71. The molecule has 1 heterocycles. The molecule has 1 aliphatic rings. The predicted octanol–water partition coefficient (Wildman–Crippen LogP) is 2.08. The number of imidazole rings is 1. The highest BCUT2D eigenvalue weighted by Crippen LogP contribution is 2.22. The Morgan fingerprint density at radius 3 is 2.93 bits per heavy atom. The Labute approximate surface area is 85.3 Å². The zero-order valence-corrected chi connectivity index (χ0v) is 8.63. The van der Waals surface area contributed by atoms with Crippen LogP contribution in [-0.4, -0.2) is 16.5 Å². The highest BCUT2D eigenvalue weighted by molar-refractivity contribution is 4.86. The number of aromatic nitrogens is 2. The van der Waals surface area contributed by atoms with Gasteiger partial charge in [0, 0.05) is 12.4 Å². The Hall–Kier alpha value is -0.830. The largest absolute Gasteiger partial charge is 0.348 e. The molecule has 0 radical (unpaired) electrons. The van der Waals surface area contributed by atoms with E-state index >= 15 is 0 Å². The molecular formula is C11H19N3. The Morgan fingerprint density at radius 2 is 2.21 bits per heavy atom. The fourth-order valence-corrected chi connectivity index (χ4v) is 2.18. The lowest BCUT2D eigenvalue weighted by Gasteiger charge is -2.21. The van der Waals surface area contributed by atoms with Crippen molar-refractivity contribution in [1.29, 1.82) is 0 Å². The minimum absolute atomic E-state index is 0.878. The average Bonchev–Trinajstić information content (AvgIpc) is 2.72. The zero-order valence-electron chi connectivity index (χ0n) is 8.63. The van der Waals surface area contributed by atoms with E-state index in [2.05, 4.69) is 15.3 Å². The summed E-state index contributed by atoms with van der Waals surface area (Å²) in [6, 6.07) is 0. The molecule has 1 aromatic heterocycles. The minimum Gasteiger partial charge on any atom is -0.348 e. The maximum atomic E-state index is 4.18. The third-order valence-electron chi connectivity index (χ3n) is 3.01. The van der Waals surface area contributed by atoms with Crippen molar-refractivity contribution >= 4 is 0 Å². The number of aromatic amines is 1. The molecule has 1 aromatic rings. The van der Waals surface area contributed by atoms with Crippen LogP contribution < -0.4 is 5.32 Å². The second-order valence-corrected chi connectivity index (χ2v) is 4.17. The van der Waals surface area contributed by atoms with Crippen molar-refractivity contribution < 1.29 is 0 Å². The van der Waals surface area contributed by atoms with Crippen LogP contribution in [0.1, 0.15) is 37.9 Å². The van der Waals surface area contributed by atoms with E-state index in [-0.39, 0.29) is 0 Å². The zero-order chi connectivity index (χ0) is 9.64. The quantitative estimate of drug-likeness (QED) is 0.768. The van der Waals surface area contributed by atoms with Crippen molar-refractivity contribution in [2.45, 2.75) is 38.6 Å². The van der Waals surface area contributed by atoms with E-state index in [0.29, 0.717) is 0 Å². The molecule has 0 amide bonds. The van der Waals surface area contributed by atoms with Crippen molar-refractivity contribution in [3.63, 3.8) is 0 Å². The maximum absolute atomic E-state index is 4.18. The number of H-pyrrole nitrogens is 1. The summed E-state index contributed by atoms with van der Waals surface area (Å²) in [5, 5.41) is 3.46. The van der Waals surface area contributed by atoms with Gasteiger partial charge in [0.25, 0.3) is 0 Å². The topological polar surface area (TPSA) is 40.7 Å². The molecular weight excluding hydrogens is 174 g/mol. The molecule has 0 aliphatic heterocycles. The number of hydrogen-bond acceptors (Lipinski definition) is 2. The van der Waals surface area contributed by atoms with Crippen LogP contribution in [0.15, 0.2) is 12.4 Å². The summed E-state index contributed by atoms with van der Waals surface area (Å²) in [6.45, 7) is 2.03. The summed E-state index contributed by atoms with van der Waals surface area (Å²) in [5.74, 6) is 1.94. The standard InChI is InChI=1S/C11H19N3/c1-2-4-10(5-3-1)8-12-9-11-13-6-7-14-11/h6-7,10,12H,1-5,8-9H2,(H,13,14). The summed E-state index contributed by atoms with van der Waals surface area (Å²) < 4.78 is 0. The SMILES string of the molecule is c1c[nH]c(CNCC2CCCCC2)n1. The van der Waals surface area contributed by atoms with Crippen LogP contribution in [0.2, 0.25) is 0 Å². The van der Waals surface area contributed by atoms with E-state index in [1.807, 2.05) is 6.20 Å². The molecule has 14 heavy (non-hydrogen) atoms. The molecule has 1 fully saturated rings. The van der Waals surface area contributed by atoms with Gasteiger partial charge in [0.1, 0.15) is 5.82 Å². The van der Waals surface area contributed by atoms with E-state index in [1.54, 1.807) is 6.20 Å². The van der Waals surface area contributed by atoms with E-state index in [9.17, 15) is 0 Å². The van der Waals surface area contributed by atoms with Gasteiger partial charge in [-0.25, -0.2) is 4.98 Å². The van der Waals surface area contributed by atoms with Gasteiger partial charge in [-0.2, -0.15) is 0 Å². The van der Waals surface area contributed by atoms with Crippen LogP contribution in [0.5, 0.6) is 0 Å². The Balaban J connectivity index is 1.62. The Morgan fingerprint density at radius 1 is 1.36 bits per heavy atom. The van der Waals surface area contributed by atoms with Crippen molar-refractivity contribution in [2.75, 3.05) is 6.54 Å². The molecule has 2 N–H and O–H groups in total. The van der Waals surface area contributed by atoms with E-state index in [0.717, 1.165) is 24.8 Å². The van der Waals surface area contributed by atoms with Crippen LogP contribution in [0.25, 0.3) is 0 Å². The van der Waals surface area contributed by atoms with Crippen LogP contribution in [0.3, 0.4) is 0 Å². The van der Waals surface area contributed by atoms with E-state index < -0.39 is 0 Å². The molecule has 0 aromatic carbocycles.